The molecule has 18 heavy (non-hydrogen) atoms. The van der Waals surface area contributed by atoms with Crippen molar-refractivity contribution in [1.82, 2.24) is 5.16 Å². The molecule has 0 spiro atoms. The molecule has 0 radical (unpaired) electrons. The average Bonchev–Trinajstić information content (AvgIpc) is 2.74. The molecule has 1 N–H and O–H groups in total. The maximum absolute atomic E-state index is 10.9. The molecule has 1 aromatic heterocycles. The summed E-state index contributed by atoms with van der Waals surface area (Å²) in [5.41, 5.74) is 1.49. The first kappa shape index (κ1) is 12.2. The van der Waals surface area contributed by atoms with E-state index < -0.39 is 0 Å². The van der Waals surface area contributed by atoms with E-state index in [4.69, 9.17) is 9.26 Å². The third-order valence-electron chi connectivity index (χ3n) is 2.24. The number of carbonyl (C=O) groups excluding carboxylic acids is 1. The lowest BCUT2D eigenvalue weighted by Gasteiger charge is -2.05. The lowest BCUT2D eigenvalue weighted by atomic mass is 10.3. The van der Waals surface area contributed by atoms with Crippen molar-refractivity contribution in [3.05, 3.63) is 41.8 Å². The molecule has 0 aliphatic heterocycles. The van der Waals surface area contributed by atoms with Crippen molar-refractivity contribution in [3.63, 3.8) is 0 Å². The first-order valence-corrected chi connectivity index (χ1v) is 5.56. The summed E-state index contributed by atoms with van der Waals surface area (Å²) in [6, 6.07) is 8.97. The van der Waals surface area contributed by atoms with Crippen molar-refractivity contribution in [1.29, 1.82) is 0 Å². The van der Waals surface area contributed by atoms with Gasteiger partial charge in [0.25, 0.3) is 0 Å². The Balaban J connectivity index is 1.92. The van der Waals surface area contributed by atoms with Gasteiger partial charge in [0.1, 0.15) is 23.8 Å². The molecule has 1 heterocycles. The Labute approximate surface area is 105 Å². The zero-order valence-corrected chi connectivity index (χ0v) is 10.3. The molecule has 1 amide bonds. The fourth-order valence-corrected chi connectivity index (χ4v) is 1.48. The molecule has 0 aliphatic carbocycles. The highest BCUT2D eigenvalue weighted by Gasteiger charge is 2.02. The second kappa shape index (κ2) is 5.35. The summed E-state index contributed by atoms with van der Waals surface area (Å²) in [7, 11) is 0. The van der Waals surface area contributed by atoms with E-state index in [1.165, 1.54) is 6.92 Å². The topological polar surface area (TPSA) is 64.4 Å². The monoisotopic (exact) mass is 246 g/mol. The third-order valence-corrected chi connectivity index (χ3v) is 2.24. The van der Waals surface area contributed by atoms with Crippen LogP contribution in [0.25, 0.3) is 0 Å². The van der Waals surface area contributed by atoms with Crippen LogP contribution in [-0.2, 0) is 11.4 Å². The van der Waals surface area contributed by atoms with Crippen molar-refractivity contribution < 1.29 is 14.1 Å². The van der Waals surface area contributed by atoms with Crippen LogP contribution in [0.5, 0.6) is 5.75 Å². The van der Waals surface area contributed by atoms with Crippen molar-refractivity contribution in [3.8, 4) is 5.75 Å². The van der Waals surface area contributed by atoms with Crippen LogP contribution in [0.2, 0.25) is 0 Å². The van der Waals surface area contributed by atoms with Gasteiger partial charge in [-0.1, -0.05) is 5.16 Å². The van der Waals surface area contributed by atoms with Crippen LogP contribution in [0, 0.1) is 6.92 Å². The molecule has 0 saturated heterocycles. The second-order valence-electron chi connectivity index (χ2n) is 3.92. The largest absolute Gasteiger partial charge is 0.487 e. The normalized spacial score (nSPS) is 10.1. The average molecular weight is 246 g/mol. The Morgan fingerprint density at radius 1 is 1.39 bits per heavy atom. The minimum Gasteiger partial charge on any atom is -0.487 e. The molecule has 2 aromatic rings. The Morgan fingerprint density at radius 3 is 2.67 bits per heavy atom. The molecule has 0 saturated carbocycles. The van der Waals surface area contributed by atoms with E-state index in [0.717, 1.165) is 17.1 Å². The minimum atomic E-state index is -0.0956. The van der Waals surface area contributed by atoms with Gasteiger partial charge in [0.15, 0.2) is 0 Å². The number of carbonyl (C=O) groups is 1. The Morgan fingerprint density at radius 2 is 2.11 bits per heavy atom. The summed E-state index contributed by atoms with van der Waals surface area (Å²) in [5, 5.41) is 6.52. The molecule has 5 nitrogen and oxygen atoms in total. The van der Waals surface area contributed by atoms with Gasteiger partial charge in [-0.05, 0) is 31.2 Å². The summed E-state index contributed by atoms with van der Waals surface area (Å²) in [4.78, 5) is 10.9. The molecule has 0 aliphatic rings. The van der Waals surface area contributed by atoms with E-state index in [-0.39, 0.29) is 5.91 Å². The molecular weight excluding hydrogens is 232 g/mol. The quantitative estimate of drug-likeness (QED) is 0.900. The zero-order valence-electron chi connectivity index (χ0n) is 10.3. The first-order chi connectivity index (χ1) is 8.63. The third kappa shape index (κ3) is 3.35. The molecule has 0 atom stereocenters. The highest BCUT2D eigenvalue weighted by Crippen LogP contribution is 2.17. The number of rotatable bonds is 4. The van der Waals surface area contributed by atoms with Gasteiger partial charge in [-0.2, -0.15) is 0 Å². The van der Waals surface area contributed by atoms with Crippen molar-refractivity contribution >= 4 is 11.6 Å². The molecule has 94 valence electrons. The molecule has 0 unspecified atom stereocenters. The van der Waals surface area contributed by atoms with Crippen molar-refractivity contribution in [2.24, 2.45) is 0 Å². The lowest BCUT2D eigenvalue weighted by molar-refractivity contribution is -0.114. The molecular formula is C13H14N2O3. The Kier molecular flexibility index (Phi) is 3.62. The van der Waals surface area contributed by atoms with E-state index in [1.807, 2.05) is 13.0 Å². The van der Waals surface area contributed by atoms with Crippen LogP contribution < -0.4 is 10.1 Å². The standard InChI is InChI=1S/C13H14N2O3/c1-9-7-12(15-18-9)8-17-13-5-3-11(4-6-13)14-10(2)16/h3-7H,8H2,1-2H3,(H,14,16). The Hall–Kier alpha value is -2.30. The zero-order chi connectivity index (χ0) is 13.0. The van der Waals surface area contributed by atoms with Crippen LogP contribution >= 0.6 is 0 Å². The van der Waals surface area contributed by atoms with Gasteiger partial charge in [0, 0.05) is 18.7 Å². The van der Waals surface area contributed by atoms with E-state index in [0.29, 0.717) is 12.4 Å². The summed E-state index contributed by atoms with van der Waals surface area (Å²) >= 11 is 0. The number of benzene rings is 1. The van der Waals surface area contributed by atoms with E-state index in [2.05, 4.69) is 10.5 Å². The van der Waals surface area contributed by atoms with Crippen LogP contribution in [-0.4, -0.2) is 11.1 Å². The summed E-state index contributed by atoms with van der Waals surface area (Å²) < 4.78 is 10.5. The number of aryl methyl sites for hydroxylation is 1. The smallest absolute Gasteiger partial charge is 0.221 e. The fraction of sp³-hybridized carbons (Fsp3) is 0.231. The predicted octanol–water partition coefficient (Wildman–Crippen LogP) is 2.52. The fourth-order valence-electron chi connectivity index (χ4n) is 1.48. The van der Waals surface area contributed by atoms with Gasteiger partial charge < -0.3 is 14.6 Å². The van der Waals surface area contributed by atoms with Gasteiger partial charge in [0.05, 0.1) is 0 Å². The Bertz CT molecular complexity index is 531. The van der Waals surface area contributed by atoms with Crippen molar-refractivity contribution in [2.75, 3.05) is 5.32 Å². The lowest BCUT2D eigenvalue weighted by Crippen LogP contribution is -2.05. The highest BCUT2D eigenvalue weighted by atomic mass is 16.5. The van der Waals surface area contributed by atoms with E-state index in [9.17, 15) is 4.79 Å². The van der Waals surface area contributed by atoms with E-state index in [1.54, 1.807) is 24.3 Å². The van der Waals surface area contributed by atoms with Gasteiger partial charge in [-0.3, -0.25) is 4.79 Å². The maximum atomic E-state index is 10.9. The van der Waals surface area contributed by atoms with Crippen LogP contribution in [0.4, 0.5) is 5.69 Å². The van der Waals surface area contributed by atoms with Crippen molar-refractivity contribution in [2.45, 2.75) is 20.5 Å². The van der Waals surface area contributed by atoms with Crippen LogP contribution in [0.15, 0.2) is 34.9 Å². The number of hydrogen-bond donors (Lipinski definition) is 1. The molecule has 0 fully saturated rings. The number of nitrogens with zero attached hydrogens (tertiary/aromatic N) is 1. The van der Waals surface area contributed by atoms with Gasteiger partial charge >= 0.3 is 0 Å². The number of amides is 1. The number of hydrogen-bond acceptors (Lipinski definition) is 4. The molecule has 5 heteroatoms. The number of aromatic nitrogens is 1. The second-order valence-corrected chi connectivity index (χ2v) is 3.92. The number of nitrogens with one attached hydrogen (secondary N) is 1. The number of ether oxygens (including phenoxy) is 1. The summed E-state index contributed by atoms with van der Waals surface area (Å²) in [6.07, 6.45) is 0. The van der Waals surface area contributed by atoms with E-state index >= 15 is 0 Å². The predicted molar refractivity (Wildman–Crippen MR) is 66.3 cm³/mol. The number of anilines is 1. The summed E-state index contributed by atoms with van der Waals surface area (Å²) in [5.74, 6) is 1.38. The van der Waals surface area contributed by atoms with Crippen LogP contribution in [0.1, 0.15) is 18.4 Å². The van der Waals surface area contributed by atoms with Gasteiger partial charge in [-0.15, -0.1) is 0 Å². The maximum Gasteiger partial charge on any atom is 0.221 e. The van der Waals surface area contributed by atoms with Crippen LogP contribution in [0.3, 0.4) is 0 Å². The van der Waals surface area contributed by atoms with Gasteiger partial charge in [-0.25, -0.2) is 0 Å². The SMILES string of the molecule is CC(=O)Nc1ccc(OCc2cc(C)on2)cc1. The molecule has 0 bridgehead atoms. The molecule has 2 rings (SSSR count). The summed E-state index contributed by atoms with van der Waals surface area (Å²) in [6.45, 7) is 3.66. The minimum absolute atomic E-state index is 0.0956. The molecule has 1 aromatic carbocycles. The first-order valence-electron chi connectivity index (χ1n) is 5.56. The highest BCUT2D eigenvalue weighted by molar-refractivity contribution is 5.88. The van der Waals surface area contributed by atoms with Gasteiger partial charge in [0.2, 0.25) is 5.91 Å².